The van der Waals surface area contributed by atoms with Crippen molar-refractivity contribution in [3.05, 3.63) is 23.5 Å². The molecule has 0 spiro atoms. The standard InChI is InChI=1S/C18H33N2O/c1-6-7-8-9-10-11-14-20(3,4)15-17-12-13-18(21-5)16(2)19-17/h12-13H,6-11,14-15H2,1-5H3/q+1. The summed E-state index contributed by atoms with van der Waals surface area (Å²) >= 11 is 0. The maximum Gasteiger partial charge on any atom is 0.140 e. The molecule has 0 aliphatic heterocycles. The van der Waals surface area contributed by atoms with Crippen molar-refractivity contribution in [3.8, 4) is 5.75 Å². The lowest BCUT2D eigenvalue weighted by Crippen LogP contribution is -2.39. The Labute approximate surface area is 130 Å². The molecule has 1 aromatic rings. The van der Waals surface area contributed by atoms with Crippen LogP contribution in [0.2, 0.25) is 0 Å². The van der Waals surface area contributed by atoms with E-state index in [9.17, 15) is 0 Å². The van der Waals surface area contributed by atoms with Crippen LogP contribution in [0.5, 0.6) is 5.75 Å². The molecule has 21 heavy (non-hydrogen) atoms. The molecule has 0 saturated heterocycles. The molecule has 0 N–H and O–H groups in total. The van der Waals surface area contributed by atoms with Crippen molar-refractivity contribution in [1.82, 2.24) is 4.98 Å². The lowest BCUT2D eigenvalue weighted by molar-refractivity contribution is -0.904. The summed E-state index contributed by atoms with van der Waals surface area (Å²) in [4.78, 5) is 4.66. The van der Waals surface area contributed by atoms with Gasteiger partial charge in [-0.2, -0.15) is 0 Å². The Kier molecular flexibility index (Phi) is 7.73. The molecule has 0 unspecified atom stereocenters. The SMILES string of the molecule is CCCCCCCC[N+](C)(C)Cc1ccc(OC)c(C)n1. The van der Waals surface area contributed by atoms with Crippen molar-refractivity contribution >= 4 is 0 Å². The third-order valence-corrected chi connectivity index (χ3v) is 4.02. The topological polar surface area (TPSA) is 22.1 Å². The molecule has 0 atom stereocenters. The van der Waals surface area contributed by atoms with Gasteiger partial charge in [-0.15, -0.1) is 0 Å². The summed E-state index contributed by atoms with van der Waals surface area (Å²) in [6, 6.07) is 4.12. The van der Waals surface area contributed by atoms with Gasteiger partial charge in [0.05, 0.1) is 39.1 Å². The van der Waals surface area contributed by atoms with E-state index < -0.39 is 0 Å². The fraction of sp³-hybridized carbons (Fsp3) is 0.722. The zero-order valence-corrected chi connectivity index (χ0v) is 14.6. The van der Waals surface area contributed by atoms with Crippen molar-refractivity contribution < 1.29 is 9.22 Å². The van der Waals surface area contributed by atoms with E-state index in [0.717, 1.165) is 28.2 Å². The molecule has 0 aliphatic rings. The molecular weight excluding hydrogens is 260 g/mol. The Morgan fingerprint density at radius 2 is 1.71 bits per heavy atom. The fourth-order valence-electron chi connectivity index (χ4n) is 2.74. The molecule has 0 amide bonds. The number of hydrogen-bond acceptors (Lipinski definition) is 2. The highest BCUT2D eigenvalue weighted by atomic mass is 16.5. The van der Waals surface area contributed by atoms with E-state index in [4.69, 9.17) is 4.74 Å². The van der Waals surface area contributed by atoms with Crippen LogP contribution >= 0.6 is 0 Å². The van der Waals surface area contributed by atoms with Gasteiger partial charge in [-0.25, -0.2) is 4.98 Å². The van der Waals surface area contributed by atoms with Gasteiger partial charge < -0.3 is 9.22 Å². The van der Waals surface area contributed by atoms with Crippen LogP contribution in [-0.4, -0.2) is 37.2 Å². The van der Waals surface area contributed by atoms with Gasteiger partial charge in [-0.3, -0.25) is 0 Å². The number of pyridine rings is 1. The van der Waals surface area contributed by atoms with E-state index in [1.807, 2.05) is 13.0 Å². The summed E-state index contributed by atoms with van der Waals surface area (Å²) in [7, 11) is 6.29. The summed E-state index contributed by atoms with van der Waals surface area (Å²) in [5.41, 5.74) is 2.14. The van der Waals surface area contributed by atoms with Crippen molar-refractivity contribution in [2.75, 3.05) is 27.7 Å². The highest BCUT2D eigenvalue weighted by Gasteiger charge is 2.16. The second kappa shape index (κ2) is 9.04. The van der Waals surface area contributed by atoms with Crippen LogP contribution in [0.15, 0.2) is 12.1 Å². The Morgan fingerprint density at radius 3 is 2.33 bits per heavy atom. The molecule has 120 valence electrons. The zero-order chi connectivity index (χ0) is 15.7. The second-order valence-corrected chi connectivity index (χ2v) is 6.68. The summed E-state index contributed by atoms with van der Waals surface area (Å²) < 4.78 is 6.28. The van der Waals surface area contributed by atoms with E-state index in [0.29, 0.717) is 0 Å². The second-order valence-electron chi connectivity index (χ2n) is 6.68. The van der Waals surface area contributed by atoms with Crippen molar-refractivity contribution in [1.29, 1.82) is 0 Å². The van der Waals surface area contributed by atoms with Crippen LogP contribution in [0.25, 0.3) is 0 Å². The third kappa shape index (κ3) is 6.94. The lowest BCUT2D eigenvalue weighted by Gasteiger charge is -2.29. The number of methoxy groups -OCH3 is 1. The van der Waals surface area contributed by atoms with Gasteiger partial charge in [0, 0.05) is 0 Å². The normalized spacial score (nSPS) is 11.7. The van der Waals surface area contributed by atoms with Gasteiger partial charge in [-0.05, 0) is 31.9 Å². The molecule has 0 aromatic carbocycles. The van der Waals surface area contributed by atoms with Crippen LogP contribution in [0, 0.1) is 6.92 Å². The maximum atomic E-state index is 5.27. The quantitative estimate of drug-likeness (QED) is 0.473. The number of ether oxygens (including phenoxy) is 1. The van der Waals surface area contributed by atoms with Gasteiger partial charge in [0.1, 0.15) is 12.3 Å². The monoisotopic (exact) mass is 293 g/mol. The smallest absolute Gasteiger partial charge is 0.140 e. The Balaban J connectivity index is 2.39. The first-order valence-electron chi connectivity index (χ1n) is 8.31. The summed E-state index contributed by atoms with van der Waals surface area (Å²) in [6.07, 6.45) is 8.15. The van der Waals surface area contributed by atoms with Gasteiger partial charge in [0.25, 0.3) is 0 Å². The van der Waals surface area contributed by atoms with E-state index in [1.165, 1.54) is 45.1 Å². The summed E-state index contributed by atoms with van der Waals surface area (Å²) in [6.45, 7) is 6.48. The first-order valence-corrected chi connectivity index (χ1v) is 8.31. The van der Waals surface area contributed by atoms with Crippen LogP contribution in [0.4, 0.5) is 0 Å². The molecular formula is C18H33N2O+. The minimum absolute atomic E-state index is 0.875. The van der Waals surface area contributed by atoms with Gasteiger partial charge in [0.2, 0.25) is 0 Å². The number of aryl methyl sites for hydroxylation is 1. The average molecular weight is 293 g/mol. The van der Waals surface area contributed by atoms with Gasteiger partial charge >= 0.3 is 0 Å². The van der Waals surface area contributed by atoms with Crippen LogP contribution in [0.1, 0.15) is 56.8 Å². The van der Waals surface area contributed by atoms with Gasteiger partial charge in [0.15, 0.2) is 0 Å². The molecule has 1 aromatic heterocycles. The minimum atomic E-state index is 0.875. The maximum absolute atomic E-state index is 5.27. The highest BCUT2D eigenvalue weighted by molar-refractivity contribution is 5.27. The van der Waals surface area contributed by atoms with E-state index in [1.54, 1.807) is 7.11 Å². The zero-order valence-electron chi connectivity index (χ0n) is 14.6. The summed E-state index contributed by atoms with van der Waals surface area (Å²) in [5, 5.41) is 0. The van der Waals surface area contributed by atoms with Crippen molar-refractivity contribution in [3.63, 3.8) is 0 Å². The Bertz CT molecular complexity index is 416. The largest absolute Gasteiger partial charge is 0.495 e. The van der Waals surface area contributed by atoms with Crippen molar-refractivity contribution in [2.24, 2.45) is 0 Å². The number of quaternary nitrogens is 1. The number of rotatable bonds is 10. The average Bonchev–Trinajstić information content (AvgIpc) is 2.42. The number of hydrogen-bond donors (Lipinski definition) is 0. The molecule has 0 aliphatic carbocycles. The molecule has 0 radical (unpaired) electrons. The predicted molar refractivity (Wildman–Crippen MR) is 89.6 cm³/mol. The van der Waals surface area contributed by atoms with Crippen LogP contribution in [-0.2, 0) is 6.54 Å². The molecule has 3 nitrogen and oxygen atoms in total. The molecule has 0 saturated carbocycles. The fourth-order valence-corrected chi connectivity index (χ4v) is 2.74. The molecule has 3 heteroatoms. The number of nitrogens with zero attached hydrogens (tertiary/aromatic N) is 2. The minimum Gasteiger partial charge on any atom is -0.495 e. The van der Waals surface area contributed by atoms with Gasteiger partial charge in [-0.1, -0.05) is 32.6 Å². The molecule has 0 fully saturated rings. The highest BCUT2D eigenvalue weighted by Crippen LogP contribution is 2.17. The lowest BCUT2D eigenvalue weighted by atomic mass is 10.1. The molecule has 1 rings (SSSR count). The molecule has 0 bridgehead atoms. The third-order valence-electron chi connectivity index (χ3n) is 4.02. The van der Waals surface area contributed by atoms with Crippen LogP contribution < -0.4 is 4.74 Å². The first kappa shape index (κ1) is 18.0. The van der Waals surface area contributed by atoms with E-state index in [2.05, 4.69) is 32.1 Å². The number of aromatic nitrogens is 1. The molecule has 1 heterocycles. The van der Waals surface area contributed by atoms with Crippen LogP contribution in [0.3, 0.4) is 0 Å². The Morgan fingerprint density at radius 1 is 1.05 bits per heavy atom. The Hall–Kier alpha value is -1.09. The first-order chi connectivity index (χ1) is 9.98. The predicted octanol–water partition coefficient (Wildman–Crippen LogP) is 4.34. The van der Waals surface area contributed by atoms with Crippen molar-refractivity contribution in [2.45, 2.75) is 58.9 Å². The number of unbranched alkanes of at least 4 members (excludes halogenated alkanes) is 5. The van der Waals surface area contributed by atoms with E-state index in [-0.39, 0.29) is 0 Å². The van der Waals surface area contributed by atoms with E-state index >= 15 is 0 Å². The summed E-state index contributed by atoms with van der Waals surface area (Å²) in [5.74, 6) is 0.875.